The van der Waals surface area contributed by atoms with Crippen molar-refractivity contribution in [1.29, 1.82) is 0 Å². The number of halogens is 6. The maximum absolute atomic E-state index is 13.4. The van der Waals surface area contributed by atoms with Crippen molar-refractivity contribution in [3.63, 3.8) is 0 Å². The first-order valence-corrected chi connectivity index (χ1v) is 9.13. The Morgan fingerprint density at radius 1 is 1.00 bits per heavy atom. The van der Waals surface area contributed by atoms with Gasteiger partial charge in [0.15, 0.2) is 11.6 Å². The molecule has 0 bridgehead atoms. The lowest BCUT2D eigenvalue weighted by Crippen LogP contribution is -2.08. The van der Waals surface area contributed by atoms with Gasteiger partial charge in [-0.15, -0.1) is 0 Å². The van der Waals surface area contributed by atoms with Crippen molar-refractivity contribution in [2.75, 3.05) is 6.61 Å². The third-order valence-corrected chi connectivity index (χ3v) is 4.69. The molecule has 1 N–H and O–H groups in total. The van der Waals surface area contributed by atoms with E-state index in [-0.39, 0.29) is 26.7 Å². The van der Waals surface area contributed by atoms with Crippen LogP contribution in [0.3, 0.4) is 0 Å². The van der Waals surface area contributed by atoms with Gasteiger partial charge in [0.2, 0.25) is 0 Å². The normalized spacial score (nSPS) is 9.96. The molecule has 140 valence electrons. The summed E-state index contributed by atoms with van der Waals surface area (Å²) in [6.07, 6.45) is 0. The summed E-state index contributed by atoms with van der Waals surface area (Å²) in [7, 11) is 0. The highest BCUT2D eigenvalue weighted by atomic mass is 79.9. The van der Waals surface area contributed by atoms with E-state index in [9.17, 15) is 18.4 Å². The Bertz CT molecular complexity index is 847. The Morgan fingerprint density at radius 2 is 1.42 bits per heavy atom. The second-order valence-corrected chi connectivity index (χ2v) is 6.99. The molecule has 10 heteroatoms. The first-order chi connectivity index (χ1) is 12.1. The van der Waals surface area contributed by atoms with Crippen LogP contribution in [0.4, 0.5) is 8.78 Å². The molecule has 2 rings (SSSR count). The summed E-state index contributed by atoms with van der Waals surface area (Å²) in [5, 5.41) is 8.24. The van der Waals surface area contributed by atoms with Crippen LogP contribution < -0.4 is 0 Å². The number of esters is 1. The molecule has 4 nitrogen and oxygen atoms in total. The first kappa shape index (κ1) is 22.8. The lowest BCUT2D eigenvalue weighted by molar-refractivity contribution is 0.0519. The van der Waals surface area contributed by atoms with Crippen LogP contribution in [-0.2, 0) is 4.74 Å². The second-order valence-electron chi connectivity index (χ2n) is 4.46. The number of ether oxygens (including phenoxy) is 1. The van der Waals surface area contributed by atoms with Gasteiger partial charge in [-0.2, -0.15) is 0 Å². The van der Waals surface area contributed by atoms with Gasteiger partial charge in [-0.05, 0) is 63.0 Å². The summed E-state index contributed by atoms with van der Waals surface area (Å²) in [5.41, 5.74) is -0.609. The van der Waals surface area contributed by atoms with Gasteiger partial charge in [0.05, 0.1) is 16.7 Å². The van der Waals surface area contributed by atoms with Gasteiger partial charge in [-0.25, -0.2) is 18.4 Å². The van der Waals surface area contributed by atoms with Crippen LogP contribution in [0.2, 0.25) is 10.0 Å². The van der Waals surface area contributed by atoms with Gasteiger partial charge in [-0.1, -0.05) is 23.2 Å². The Balaban J connectivity index is 0.000000263. The van der Waals surface area contributed by atoms with Crippen molar-refractivity contribution in [2.45, 2.75) is 6.92 Å². The van der Waals surface area contributed by atoms with E-state index >= 15 is 0 Å². The van der Waals surface area contributed by atoms with E-state index in [0.717, 1.165) is 0 Å². The monoisotopic (exact) mass is 532 g/mol. The number of carboxylic acids is 1. The predicted molar refractivity (Wildman–Crippen MR) is 101 cm³/mol. The molecule has 0 unspecified atom stereocenters. The Morgan fingerprint density at radius 3 is 1.81 bits per heavy atom. The van der Waals surface area contributed by atoms with E-state index in [1.54, 1.807) is 6.92 Å². The predicted octanol–water partition coefficient (Wildman–Crippen LogP) is 6.36. The van der Waals surface area contributed by atoms with Gasteiger partial charge < -0.3 is 9.84 Å². The zero-order valence-electron chi connectivity index (χ0n) is 13.0. The molecular weight excluding hydrogens is 525 g/mol. The number of hydrogen-bond acceptors (Lipinski definition) is 3. The average Bonchev–Trinajstić information content (AvgIpc) is 2.56. The molecule has 0 radical (unpaired) electrons. The highest BCUT2D eigenvalue weighted by Crippen LogP contribution is 2.27. The van der Waals surface area contributed by atoms with E-state index in [4.69, 9.17) is 28.3 Å². The van der Waals surface area contributed by atoms with Crippen molar-refractivity contribution in [3.8, 4) is 0 Å². The molecule has 0 aliphatic carbocycles. The molecule has 2 aromatic rings. The maximum Gasteiger partial charge on any atom is 0.342 e. The SMILES string of the molecule is CCOC(=O)c1c(Br)ccc(Cl)c1F.O=C(O)c1c(Br)ccc(Cl)c1F. The van der Waals surface area contributed by atoms with Crippen LogP contribution in [-0.4, -0.2) is 23.7 Å². The van der Waals surface area contributed by atoms with Crippen molar-refractivity contribution >= 4 is 67.0 Å². The van der Waals surface area contributed by atoms with Crippen molar-refractivity contribution in [2.24, 2.45) is 0 Å². The fourth-order valence-corrected chi connectivity index (χ4v) is 2.90. The quantitative estimate of drug-likeness (QED) is 0.368. The Hall–Kier alpha value is -1.22. The third-order valence-electron chi connectivity index (χ3n) is 2.78. The van der Waals surface area contributed by atoms with Crippen LogP contribution in [0.1, 0.15) is 27.6 Å². The van der Waals surface area contributed by atoms with E-state index in [1.807, 2.05) is 0 Å². The Labute approximate surface area is 174 Å². The summed E-state index contributed by atoms with van der Waals surface area (Å²) in [5.74, 6) is -3.75. The smallest absolute Gasteiger partial charge is 0.342 e. The number of hydrogen-bond donors (Lipinski definition) is 1. The number of rotatable bonds is 3. The summed E-state index contributed by atoms with van der Waals surface area (Å²) < 4.78 is 31.5. The lowest BCUT2D eigenvalue weighted by atomic mass is 10.2. The Kier molecular flexibility index (Phi) is 8.95. The highest BCUT2D eigenvalue weighted by molar-refractivity contribution is 9.10. The van der Waals surface area contributed by atoms with Crippen molar-refractivity contribution < 1.29 is 28.2 Å². The summed E-state index contributed by atoms with van der Waals surface area (Å²) in [4.78, 5) is 21.8. The van der Waals surface area contributed by atoms with Crippen LogP contribution in [0, 0.1) is 11.6 Å². The van der Waals surface area contributed by atoms with Crippen LogP contribution in [0.25, 0.3) is 0 Å². The van der Waals surface area contributed by atoms with Gasteiger partial charge in [0.1, 0.15) is 11.1 Å². The molecule has 0 saturated carbocycles. The zero-order valence-corrected chi connectivity index (χ0v) is 17.6. The molecule has 0 heterocycles. The first-order valence-electron chi connectivity index (χ1n) is 6.79. The van der Waals surface area contributed by atoms with E-state index in [1.165, 1.54) is 24.3 Å². The third kappa shape index (κ3) is 5.64. The molecule has 0 spiro atoms. The molecule has 26 heavy (non-hydrogen) atoms. The molecular formula is C16H10Br2Cl2F2O4. The van der Waals surface area contributed by atoms with Gasteiger partial charge in [-0.3, -0.25) is 0 Å². The zero-order chi connectivity index (χ0) is 20.0. The topological polar surface area (TPSA) is 63.6 Å². The molecule has 0 fully saturated rings. The number of carboxylic acid groups (broad SMARTS) is 1. The molecule has 0 aromatic heterocycles. The van der Waals surface area contributed by atoms with Crippen molar-refractivity contribution in [1.82, 2.24) is 0 Å². The fourth-order valence-electron chi connectivity index (χ4n) is 1.64. The number of aromatic carboxylic acids is 1. The minimum absolute atomic E-state index is 0.101. The highest BCUT2D eigenvalue weighted by Gasteiger charge is 2.19. The average molecular weight is 535 g/mol. The fraction of sp³-hybridized carbons (Fsp3) is 0.125. The van der Waals surface area contributed by atoms with E-state index < -0.39 is 29.1 Å². The summed E-state index contributed by atoms with van der Waals surface area (Å²) in [6.45, 7) is 1.84. The molecule has 2 aromatic carbocycles. The van der Waals surface area contributed by atoms with Gasteiger partial charge in [0.25, 0.3) is 0 Å². The number of benzene rings is 2. The van der Waals surface area contributed by atoms with Gasteiger partial charge >= 0.3 is 11.9 Å². The van der Waals surface area contributed by atoms with E-state index in [0.29, 0.717) is 4.47 Å². The second kappa shape index (κ2) is 10.2. The maximum atomic E-state index is 13.4. The summed E-state index contributed by atoms with van der Waals surface area (Å²) in [6, 6.07) is 5.53. The number of carbonyl (C=O) groups is 2. The standard InChI is InChI=1S/C9H7BrClFO2.C7H3BrClFO2/c1-2-14-9(13)7-5(10)3-4-6(11)8(7)12;8-3-1-2-4(9)6(10)5(3)7(11)12/h3-4H,2H2,1H3;1-2H,(H,11,12). The van der Waals surface area contributed by atoms with Gasteiger partial charge in [0, 0.05) is 8.95 Å². The number of carbonyl (C=O) groups excluding carboxylic acids is 1. The van der Waals surface area contributed by atoms with E-state index in [2.05, 4.69) is 36.6 Å². The molecule has 0 atom stereocenters. The van der Waals surface area contributed by atoms with Crippen LogP contribution in [0.5, 0.6) is 0 Å². The van der Waals surface area contributed by atoms with Crippen LogP contribution in [0.15, 0.2) is 33.2 Å². The van der Waals surface area contributed by atoms with Crippen molar-refractivity contribution in [3.05, 3.63) is 66.0 Å². The molecule has 0 aliphatic rings. The minimum atomic E-state index is -1.35. The van der Waals surface area contributed by atoms with Crippen LogP contribution >= 0.6 is 55.1 Å². The summed E-state index contributed by atoms with van der Waals surface area (Å²) >= 11 is 16.9. The molecule has 0 saturated heterocycles. The largest absolute Gasteiger partial charge is 0.478 e. The molecule has 0 amide bonds. The minimum Gasteiger partial charge on any atom is -0.478 e. The molecule has 0 aliphatic heterocycles. The lowest BCUT2D eigenvalue weighted by Gasteiger charge is -2.06.